The molecule has 0 saturated heterocycles. The smallest absolute Gasteiger partial charge is 0.305 e. The summed E-state index contributed by atoms with van der Waals surface area (Å²) >= 11 is 0. The molecule has 0 bridgehead atoms. The molecular formula is C8H12O3. The van der Waals surface area contributed by atoms with Crippen LogP contribution < -0.4 is 0 Å². The number of ether oxygens (including phenoxy) is 1. The van der Waals surface area contributed by atoms with Crippen LogP contribution in [0.2, 0.25) is 0 Å². The van der Waals surface area contributed by atoms with Crippen molar-refractivity contribution >= 4 is 5.97 Å². The van der Waals surface area contributed by atoms with E-state index >= 15 is 0 Å². The van der Waals surface area contributed by atoms with Crippen molar-refractivity contribution in [3.05, 3.63) is 12.2 Å². The Labute approximate surface area is 65.7 Å². The standard InChI is InChI=1S/C8H12O3/c1-7(9)11-8(10)5-3-2-4-6-8/h3,5,10H,2,4,6H2,1H3. The molecule has 11 heavy (non-hydrogen) atoms. The highest BCUT2D eigenvalue weighted by atomic mass is 16.7. The fraction of sp³-hybridized carbons (Fsp3) is 0.625. The van der Waals surface area contributed by atoms with E-state index in [1.165, 1.54) is 13.0 Å². The first-order chi connectivity index (χ1) is 5.12. The summed E-state index contributed by atoms with van der Waals surface area (Å²) in [6, 6.07) is 0. The lowest BCUT2D eigenvalue weighted by atomic mass is 10.0. The number of allylic oxidation sites excluding steroid dienone is 1. The molecule has 1 aliphatic carbocycles. The molecule has 0 fully saturated rings. The minimum Gasteiger partial charge on any atom is -0.430 e. The Morgan fingerprint density at radius 3 is 2.91 bits per heavy atom. The topological polar surface area (TPSA) is 46.5 Å². The molecule has 0 aromatic heterocycles. The van der Waals surface area contributed by atoms with Crippen LogP contribution in [-0.2, 0) is 9.53 Å². The maximum Gasteiger partial charge on any atom is 0.305 e. The van der Waals surface area contributed by atoms with E-state index in [2.05, 4.69) is 0 Å². The van der Waals surface area contributed by atoms with E-state index in [0.29, 0.717) is 6.42 Å². The third-order valence-corrected chi connectivity index (χ3v) is 1.60. The van der Waals surface area contributed by atoms with Crippen molar-refractivity contribution in [2.24, 2.45) is 0 Å². The van der Waals surface area contributed by atoms with Gasteiger partial charge in [0.25, 0.3) is 0 Å². The minimum atomic E-state index is -1.33. The third-order valence-electron chi connectivity index (χ3n) is 1.60. The summed E-state index contributed by atoms with van der Waals surface area (Å²) < 4.78 is 4.71. The van der Waals surface area contributed by atoms with Gasteiger partial charge >= 0.3 is 5.97 Å². The predicted molar refractivity (Wildman–Crippen MR) is 39.7 cm³/mol. The van der Waals surface area contributed by atoms with E-state index < -0.39 is 11.8 Å². The second-order valence-electron chi connectivity index (χ2n) is 2.73. The Hall–Kier alpha value is -0.830. The van der Waals surface area contributed by atoms with Gasteiger partial charge in [-0.3, -0.25) is 4.79 Å². The lowest BCUT2D eigenvalue weighted by Crippen LogP contribution is -2.33. The van der Waals surface area contributed by atoms with Crippen LogP contribution in [0.1, 0.15) is 26.2 Å². The number of carbonyl (C=O) groups excluding carboxylic acids is 1. The van der Waals surface area contributed by atoms with Gasteiger partial charge in [-0.05, 0) is 18.9 Å². The monoisotopic (exact) mass is 156 g/mol. The van der Waals surface area contributed by atoms with E-state index in [4.69, 9.17) is 4.74 Å². The first kappa shape index (κ1) is 8.27. The quantitative estimate of drug-likeness (QED) is 0.349. The van der Waals surface area contributed by atoms with Crippen LogP contribution in [0.25, 0.3) is 0 Å². The Morgan fingerprint density at radius 1 is 1.73 bits per heavy atom. The number of hydrogen-bond donors (Lipinski definition) is 1. The van der Waals surface area contributed by atoms with Gasteiger partial charge < -0.3 is 9.84 Å². The summed E-state index contributed by atoms with van der Waals surface area (Å²) in [5.74, 6) is -1.77. The van der Waals surface area contributed by atoms with Gasteiger partial charge in [-0.25, -0.2) is 0 Å². The highest BCUT2D eigenvalue weighted by Crippen LogP contribution is 2.22. The number of rotatable bonds is 1. The van der Waals surface area contributed by atoms with Crippen LogP contribution in [-0.4, -0.2) is 16.9 Å². The molecular weight excluding hydrogens is 144 g/mol. The molecule has 62 valence electrons. The first-order valence-electron chi connectivity index (χ1n) is 3.72. The zero-order valence-electron chi connectivity index (χ0n) is 6.54. The normalized spacial score (nSPS) is 30.0. The van der Waals surface area contributed by atoms with Crippen molar-refractivity contribution in [3.63, 3.8) is 0 Å². The molecule has 1 N–H and O–H groups in total. The van der Waals surface area contributed by atoms with Crippen LogP contribution in [0.4, 0.5) is 0 Å². The summed E-state index contributed by atoms with van der Waals surface area (Å²) in [4.78, 5) is 10.5. The van der Waals surface area contributed by atoms with Crippen LogP contribution in [0, 0.1) is 0 Å². The minimum absolute atomic E-state index is 0.445. The Kier molecular flexibility index (Phi) is 2.29. The van der Waals surface area contributed by atoms with Gasteiger partial charge in [0, 0.05) is 13.3 Å². The summed E-state index contributed by atoms with van der Waals surface area (Å²) in [6.45, 7) is 1.29. The summed E-state index contributed by atoms with van der Waals surface area (Å²) in [5, 5.41) is 9.51. The second-order valence-corrected chi connectivity index (χ2v) is 2.73. The number of hydrogen-bond acceptors (Lipinski definition) is 3. The molecule has 0 aromatic carbocycles. The second kappa shape index (κ2) is 3.05. The number of aliphatic hydroxyl groups is 1. The molecule has 0 aromatic rings. The van der Waals surface area contributed by atoms with Gasteiger partial charge in [0.2, 0.25) is 5.79 Å². The maximum atomic E-state index is 10.5. The van der Waals surface area contributed by atoms with E-state index in [-0.39, 0.29) is 0 Å². The lowest BCUT2D eigenvalue weighted by Gasteiger charge is -2.26. The molecule has 0 radical (unpaired) electrons. The zero-order valence-corrected chi connectivity index (χ0v) is 6.54. The van der Waals surface area contributed by atoms with Crippen molar-refractivity contribution in [2.75, 3.05) is 0 Å². The molecule has 1 unspecified atom stereocenters. The Balaban J connectivity index is 2.57. The van der Waals surface area contributed by atoms with E-state index in [0.717, 1.165) is 12.8 Å². The molecule has 1 rings (SSSR count). The molecule has 1 aliphatic rings. The SMILES string of the molecule is CC(=O)OC1(O)C=CCCC1. The van der Waals surface area contributed by atoms with Crippen LogP contribution in [0.3, 0.4) is 0 Å². The van der Waals surface area contributed by atoms with Crippen molar-refractivity contribution in [3.8, 4) is 0 Å². The van der Waals surface area contributed by atoms with Crippen LogP contribution in [0.5, 0.6) is 0 Å². The van der Waals surface area contributed by atoms with Crippen LogP contribution in [0.15, 0.2) is 12.2 Å². The molecule has 0 amide bonds. The fourth-order valence-corrected chi connectivity index (χ4v) is 1.16. The van der Waals surface area contributed by atoms with Gasteiger partial charge in [-0.15, -0.1) is 0 Å². The van der Waals surface area contributed by atoms with Crippen molar-refractivity contribution in [1.29, 1.82) is 0 Å². The zero-order chi connectivity index (χ0) is 8.32. The first-order valence-corrected chi connectivity index (χ1v) is 3.72. The van der Waals surface area contributed by atoms with E-state index in [9.17, 15) is 9.90 Å². The predicted octanol–water partition coefficient (Wildman–Crippen LogP) is 0.978. The molecule has 3 nitrogen and oxygen atoms in total. The van der Waals surface area contributed by atoms with Gasteiger partial charge in [-0.1, -0.05) is 6.08 Å². The number of carbonyl (C=O) groups is 1. The highest BCUT2D eigenvalue weighted by molar-refractivity contribution is 5.66. The molecule has 0 heterocycles. The summed E-state index contributed by atoms with van der Waals surface area (Å²) in [5.41, 5.74) is 0. The third kappa shape index (κ3) is 2.35. The molecule has 0 aliphatic heterocycles. The van der Waals surface area contributed by atoms with Gasteiger partial charge in [0.05, 0.1) is 0 Å². The summed E-state index contributed by atoms with van der Waals surface area (Å²) in [6.07, 6.45) is 5.68. The van der Waals surface area contributed by atoms with E-state index in [1.807, 2.05) is 6.08 Å². The largest absolute Gasteiger partial charge is 0.430 e. The summed E-state index contributed by atoms with van der Waals surface area (Å²) in [7, 11) is 0. The average Bonchev–Trinajstić information content (AvgIpc) is 1.85. The maximum absolute atomic E-state index is 10.5. The van der Waals surface area contributed by atoms with Crippen LogP contribution >= 0.6 is 0 Å². The van der Waals surface area contributed by atoms with Gasteiger partial charge in [-0.2, -0.15) is 0 Å². The fourth-order valence-electron chi connectivity index (χ4n) is 1.16. The molecule has 0 spiro atoms. The van der Waals surface area contributed by atoms with Crippen molar-refractivity contribution in [2.45, 2.75) is 32.0 Å². The highest BCUT2D eigenvalue weighted by Gasteiger charge is 2.28. The van der Waals surface area contributed by atoms with Crippen molar-refractivity contribution < 1.29 is 14.6 Å². The average molecular weight is 156 g/mol. The molecule has 3 heteroatoms. The van der Waals surface area contributed by atoms with E-state index in [1.54, 1.807) is 0 Å². The Bertz CT molecular complexity index is 186. The Morgan fingerprint density at radius 2 is 2.45 bits per heavy atom. The molecule has 1 atom stereocenters. The lowest BCUT2D eigenvalue weighted by molar-refractivity contribution is -0.191. The number of esters is 1. The van der Waals surface area contributed by atoms with Gasteiger partial charge in [0.1, 0.15) is 0 Å². The molecule has 0 saturated carbocycles. The van der Waals surface area contributed by atoms with Gasteiger partial charge in [0.15, 0.2) is 0 Å². The van der Waals surface area contributed by atoms with Crippen molar-refractivity contribution in [1.82, 2.24) is 0 Å².